The van der Waals surface area contributed by atoms with Crippen LogP contribution in [0.4, 0.5) is 17.6 Å². The van der Waals surface area contributed by atoms with Crippen molar-refractivity contribution in [2.75, 3.05) is 13.6 Å². The van der Waals surface area contributed by atoms with Gasteiger partial charge >= 0.3 is 6.18 Å². The molecule has 23 heavy (non-hydrogen) atoms. The normalized spacial score (nSPS) is 23.8. The van der Waals surface area contributed by atoms with Crippen molar-refractivity contribution in [1.82, 2.24) is 4.90 Å². The third-order valence-electron chi connectivity index (χ3n) is 4.23. The Labute approximate surface area is 131 Å². The highest BCUT2D eigenvalue weighted by molar-refractivity contribution is 5.85. The average Bonchev–Trinajstić information content (AvgIpc) is 2.44. The van der Waals surface area contributed by atoms with Gasteiger partial charge < -0.3 is 10.0 Å². The minimum atomic E-state index is -4.55. The summed E-state index contributed by atoms with van der Waals surface area (Å²) in [6, 6.07) is 4.08. The molecule has 1 unspecified atom stereocenters. The number of hydrogen-bond acceptors (Lipinski definition) is 2. The lowest BCUT2D eigenvalue weighted by atomic mass is 9.83. The maximum absolute atomic E-state index is 12.8. The molecule has 1 aliphatic rings. The maximum Gasteiger partial charge on any atom is 0.416 e. The van der Waals surface area contributed by atoms with Crippen LogP contribution in [0.3, 0.4) is 0 Å². The molecule has 7 heteroatoms. The van der Waals surface area contributed by atoms with Gasteiger partial charge in [0.05, 0.1) is 5.56 Å². The SMILES string of the molecule is CN(CC1CC(F)C1)C(=O)C(C)(O)c1cccc(C(F)(F)F)c1. The van der Waals surface area contributed by atoms with Crippen molar-refractivity contribution in [3.63, 3.8) is 0 Å². The minimum absolute atomic E-state index is 0.0243. The van der Waals surface area contributed by atoms with Crippen LogP contribution in [-0.4, -0.2) is 35.7 Å². The second-order valence-electron chi connectivity index (χ2n) is 6.27. The first-order valence-electron chi connectivity index (χ1n) is 7.31. The molecule has 2 rings (SSSR count). The molecule has 1 aliphatic carbocycles. The van der Waals surface area contributed by atoms with Crippen LogP contribution in [0.25, 0.3) is 0 Å². The Morgan fingerprint density at radius 1 is 1.30 bits per heavy atom. The van der Waals surface area contributed by atoms with Gasteiger partial charge in [-0.05, 0) is 43.4 Å². The van der Waals surface area contributed by atoms with Crippen LogP contribution in [0.2, 0.25) is 0 Å². The number of nitrogens with zero attached hydrogens (tertiary/aromatic N) is 1. The van der Waals surface area contributed by atoms with Gasteiger partial charge in [0.15, 0.2) is 5.60 Å². The first-order valence-corrected chi connectivity index (χ1v) is 7.31. The summed E-state index contributed by atoms with van der Waals surface area (Å²) in [4.78, 5) is 13.6. The zero-order valence-electron chi connectivity index (χ0n) is 12.9. The van der Waals surface area contributed by atoms with Crippen LogP contribution in [0.15, 0.2) is 24.3 Å². The van der Waals surface area contributed by atoms with Gasteiger partial charge in [0.2, 0.25) is 0 Å². The van der Waals surface area contributed by atoms with Crippen molar-refractivity contribution >= 4 is 5.91 Å². The third-order valence-corrected chi connectivity index (χ3v) is 4.23. The molecule has 0 aliphatic heterocycles. The second kappa shape index (κ2) is 6.11. The van der Waals surface area contributed by atoms with Gasteiger partial charge in [0.25, 0.3) is 5.91 Å². The third kappa shape index (κ3) is 3.83. The number of carbonyl (C=O) groups excluding carboxylic acids is 1. The zero-order chi connectivity index (χ0) is 17.4. The summed E-state index contributed by atoms with van der Waals surface area (Å²) in [6.45, 7) is 1.44. The Balaban J connectivity index is 2.15. The Morgan fingerprint density at radius 2 is 1.87 bits per heavy atom. The van der Waals surface area contributed by atoms with Crippen LogP contribution in [0.1, 0.15) is 30.9 Å². The lowest BCUT2D eigenvalue weighted by Crippen LogP contribution is -2.46. The first-order chi connectivity index (χ1) is 10.5. The van der Waals surface area contributed by atoms with E-state index >= 15 is 0 Å². The van der Waals surface area contributed by atoms with E-state index in [2.05, 4.69) is 0 Å². The van der Waals surface area contributed by atoms with Gasteiger partial charge in [-0.2, -0.15) is 13.2 Å². The molecule has 0 saturated heterocycles. The summed E-state index contributed by atoms with van der Waals surface area (Å²) in [5.41, 5.74) is -3.12. The van der Waals surface area contributed by atoms with E-state index in [4.69, 9.17) is 0 Å². The molecule has 1 atom stereocenters. The molecule has 1 fully saturated rings. The van der Waals surface area contributed by atoms with Crippen LogP contribution >= 0.6 is 0 Å². The molecule has 128 valence electrons. The van der Waals surface area contributed by atoms with Crippen molar-refractivity contribution in [3.8, 4) is 0 Å². The first kappa shape index (κ1) is 17.7. The molecule has 1 N–H and O–H groups in total. The molecule has 0 spiro atoms. The largest absolute Gasteiger partial charge is 0.416 e. The maximum atomic E-state index is 12.8. The Kier molecular flexibility index (Phi) is 4.71. The molecule has 1 amide bonds. The Morgan fingerprint density at radius 3 is 2.39 bits per heavy atom. The van der Waals surface area contributed by atoms with Crippen LogP contribution in [0, 0.1) is 5.92 Å². The lowest BCUT2D eigenvalue weighted by molar-refractivity contribution is -0.151. The second-order valence-corrected chi connectivity index (χ2v) is 6.27. The average molecular weight is 333 g/mol. The van der Waals surface area contributed by atoms with E-state index in [1.54, 1.807) is 0 Å². The molecule has 0 aromatic heterocycles. The highest BCUT2D eigenvalue weighted by Crippen LogP contribution is 2.34. The molecular weight excluding hydrogens is 314 g/mol. The van der Waals surface area contributed by atoms with Crippen molar-refractivity contribution in [1.29, 1.82) is 0 Å². The smallest absolute Gasteiger partial charge is 0.376 e. The predicted octanol–water partition coefficient (Wildman–Crippen LogP) is 3.12. The minimum Gasteiger partial charge on any atom is -0.376 e. The number of carbonyl (C=O) groups is 1. The lowest BCUT2D eigenvalue weighted by Gasteiger charge is -2.35. The van der Waals surface area contributed by atoms with E-state index in [0.717, 1.165) is 18.2 Å². The van der Waals surface area contributed by atoms with Gasteiger partial charge in [-0.15, -0.1) is 0 Å². The quantitative estimate of drug-likeness (QED) is 0.860. The summed E-state index contributed by atoms with van der Waals surface area (Å²) >= 11 is 0. The van der Waals surface area contributed by atoms with Crippen LogP contribution in [-0.2, 0) is 16.6 Å². The standard InChI is InChI=1S/C16H19F4NO2/c1-15(23,11-4-3-5-12(8-11)16(18,19)20)14(22)21(2)9-10-6-13(17)7-10/h3-5,8,10,13,23H,6-7,9H2,1-2H3. The zero-order valence-corrected chi connectivity index (χ0v) is 12.9. The summed E-state index contributed by atoms with van der Waals surface area (Å²) in [5.74, 6) is -0.685. The monoisotopic (exact) mass is 333 g/mol. The summed E-state index contributed by atoms with van der Waals surface area (Å²) in [7, 11) is 1.45. The Bertz CT molecular complexity index is 580. The molecular formula is C16H19F4NO2. The molecule has 0 heterocycles. The fraction of sp³-hybridized carbons (Fsp3) is 0.562. The van der Waals surface area contributed by atoms with Gasteiger partial charge in [0.1, 0.15) is 6.17 Å². The molecule has 3 nitrogen and oxygen atoms in total. The summed E-state index contributed by atoms with van der Waals surface area (Å²) in [5, 5.41) is 10.4. The Hall–Kier alpha value is -1.63. The highest BCUT2D eigenvalue weighted by atomic mass is 19.4. The van der Waals surface area contributed by atoms with E-state index < -0.39 is 29.4 Å². The van der Waals surface area contributed by atoms with Gasteiger partial charge in [-0.3, -0.25) is 4.79 Å². The molecule has 1 saturated carbocycles. The fourth-order valence-corrected chi connectivity index (χ4v) is 2.77. The van der Waals surface area contributed by atoms with Crippen molar-refractivity contribution < 1.29 is 27.5 Å². The van der Waals surface area contributed by atoms with E-state index in [-0.39, 0.29) is 18.0 Å². The van der Waals surface area contributed by atoms with Crippen LogP contribution in [0.5, 0.6) is 0 Å². The number of aliphatic hydroxyl groups is 1. The number of benzene rings is 1. The molecule has 0 bridgehead atoms. The van der Waals surface area contributed by atoms with Gasteiger partial charge in [-0.1, -0.05) is 12.1 Å². The molecule has 1 aromatic rings. The number of hydrogen-bond donors (Lipinski definition) is 1. The van der Waals surface area contributed by atoms with Crippen molar-refractivity contribution in [2.24, 2.45) is 5.92 Å². The predicted molar refractivity (Wildman–Crippen MR) is 76.3 cm³/mol. The fourth-order valence-electron chi connectivity index (χ4n) is 2.77. The van der Waals surface area contributed by atoms with Gasteiger partial charge in [-0.25, -0.2) is 4.39 Å². The number of amides is 1. The summed E-state index contributed by atoms with van der Waals surface area (Å²) < 4.78 is 51.1. The van der Waals surface area contributed by atoms with E-state index in [1.807, 2.05) is 0 Å². The van der Waals surface area contributed by atoms with Gasteiger partial charge in [0, 0.05) is 13.6 Å². The summed E-state index contributed by atoms with van der Waals surface area (Å²) in [6.07, 6.45) is -4.68. The van der Waals surface area contributed by atoms with Crippen molar-refractivity contribution in [3.05, 3.63) is 35.4 Å². The molecule has 0 radical (unpaired) electrons. The van der Waals surface area contributed by atoms with E-state index in [9.17, 15) is 27.5 Å². The van der Waals surface area contributed by atoms with Crippen LogP contribution < -0.4 is 0 Å². The number of rotatable bonds is 4. The number of halogens is 4. The topological polar surface area (TPSA) is 40.5 Å². The number of alkyl halides is 4. The highest BCUT2D eigenvalue weighted by Gasteiger charge is 2.39. The van der Waals surface area contributed by atoms with E-state index in [0.29, 0.717) is 12.8 Å². The number of likely N-dealkylation sites (N-methyl/N-ethyl adjacent to an activating group) is 1. The van der Waals surface area contributed by atoms with Crippen molar-refractivity contribution in [2.45, 2.75) is 37.7 Å². The molecule has 1 aromatic carbocycles. The van der Waals surface area contributed by atoms with E-state index in [1.165, 1.54) is 24.9 Å².